The van der Waals surface area contributed by atoms with Crippen LogP contribution in [-0.4, -0.2) is 73.3 Å². The minimum atomic E-state index is 0.533. The van der Waals surface area contributed by atoms with Gasteiger partial charge in [-0.1, -0.05) is 11.6 Å². The van der Waals surface area contributed by atoms with Crippen LogP contribution in [-0.2, 0) is 0 Å². The Bertz CT molecular complexity index is 1330. The van der Waals surface area contributed by atoms with Gasteiger partial charge in [0, 0.05) is 57.0 Å². The Morgan fingerprint density at radius 1 is 1.03 bits per heavy atom. The summed E-state index contributed by atoms with van der Waals surface area (Å²) in [6, 6.07) is 10.9. The number of rotatable bonds is 10. The average Bonchev–Trinajstić information content (AvgIpc) is 3.42. The Hall–Kier alpha value is -3.53. The van der Waals surface area contributed by atoms with Crippen LogP contribution < -0.4 is 19.5 Å². The summed E-state index contributed by atoms with van der Waals surface area (Å²) in [4.78, 5) is 13.8. The molecule has 1 saturated heterocycles. The lowest BCUT2D eigenvalue weighted by Crippen LogP contribution is -2.44. The number of ether oxygens (including phenoxy) is 3. The quantitative estimate of drug-likeness (QED) is 0.273. The molecule has 0 unspecified atom stereocenters. The van der Waals surface area contributed by atoms with Crippen LogP contribution in [0, 0.1) is 0 Å². The van der Waals surface area contributed by atoms with Gasteiger partial charge in [0.1, 0.15) is 35.7 Å². The van der Waals surface area contributed by atoms with Crippen LogP contribution in [0.2, 0.25) is 5.02 Å². The number of nitrogens with one attached hydrogen (secondary N) is 1. The number of anilines is 2. The van der Waals surface area contributed by atoms with E-state index in [1.165, 1.54) is 12.6 Å². The molecule has 0 spiro atoms. The molecule has 9 nitrogen and oxygen atoms in total. The molecular weight excluding hydrogens is 494 g/mol. The van der Waals surface area contributed by atoms with Gasteiger partial charge in [0.15, 0.2) is 5.75 Å². The topological polar surface area (TPSA) is 85.1 Å². The molecule has 1 N–H and O–H groups in total. The van der Waals surface area contributed by atoms with Gasteiger partial charge in [0.2, 0.25) is 0 Å². The first-order valence-corrected chi connectivity index (χ1v) is 12.6. The summed E-state index contributed by atoms with van der Waals surface area (Å²) in [7, 11) is 3.77. The van der Waals surface area contributed by atoms with Crippen LogP contribution in [0.3, 0.4) is 0 Å². The lowest BCUT2D eigenvalue weighted by molar-refractivity contribution is 0.145. The number of furan rings is 1. The second-order valence-electron chi connectivity index (χ2n) is 8.92. The molecule has 194 valence electrons. The van der Waals surface area contributed by atoms with Crippen LogP contribution in [0.25, 0.3) is 10.9 Å². The largest absolute Gasteiger partial charge is 0.497 e. The standard InChI is InChI=1S/C27H30ClN5O4/c1-32-8-10-33(11-9-32)7-3-12-36-21-15-24-26(25(16-21)37-20-6-13-35-17-20)27(30-18-29-24)31-23-14-19(34-2)4-5-22(23)28/h4-6,13-18H,3,7-12H2,1-2H3,(H,29,30,31). The Kier molecular flexibility index (Phi) is 7.93. The highest BCUT2D eigenvalue weighted by Crippen LogP contribution is 2.39. The third kappa shape index (κ3) is 6.25. The Labute approximate surface area is 220 Å². The molecule has 0 atom stereocenters. The van der Waals surface area contributed by atoms with Crippen LogP contribution >= 0.6 is 11.6 Å². The van der Waals surface area contributed by atoms with Gasteiger partial charge in [-0.3, -0.25) is 0 Å². The predicted octanol–water partition coefficient (Wildman–Crippen LogP) is 5.44. The van der Waals surface area contributed by atoms with E-state index in [0.29, 0.717) is 57.0 Å². The zero-order chi connectivity index (χ0) is 25.6. The third-order valence-electron chi connectivity index (χ3n) is 6.31. The van der Waals surface area contributed by atoms with Crippen molar-refractivity contribution in [1.82, 2.24) is 19.8 Å². The number of nitrogens with zero attached hydrogens (tertiary/aromatic N) is 4. The van der Waals surface area contributed by atoms with E-state index in [-0.39, 0.29) is 0 Å². The summed E-state index contributed by atoms with van der Waals surface area (Å²) < 4.78 is 22.9. The summed E-state index contributed by atoms with van der Waals surface area (Å²) in [6.07, 6.45) is 5.52. The van der Waals surface area contributed by atoms with Gasteiger partial charge in [0.05, 0.1) is 41.6 Å². The lowest BCUT2D eigenvalue weighted by Gasteiger charge is -2.32. The number of hydrogen-bond donors (Lipinski definition) is 1. The van der Waals surface area contributed by atoms with E-state index >= 15 is 0 Å². The molecule has 0 saturated carbocycles. The summed E-state index contributed by atoms with van der Waals surface area (Å²) in [5.74, 6) is 2.99. The zero-order valence-electron chi connectivity index (χ0n) is 20.9. The van der Waals surface area contributed by atoms with Crippen LogP contribution in [0.1, 0.15) is 6.42 Å². The second kappa shape index (κ2) is 11.7. The van der Waals surface area contributed by atoms with Crippen LogP contribution in [0.5, 0.6) is 23.0 Å². The van der Waals surface area contributed by atoms with Crippen molar-refractivity contribution >= 4 is 34.0 Å². The van der Waals surface area contributed by atoms with Gasteiger partial charge in [0.25, 0.3) is 0 Å². The predicted molar refractivity (Wildman–Crippen MR) is 144 cm³/mol. The van der Waals surface area contributed by atoms with Gasteiger partial charge in [-0.05, 0) is 25.6 Å². The monoisotopic (exact) mass is 523 g/mol. The number of piperazine rings is 1. The molecule has 5 rings (SSSR count). The van der Waals surface area contributed by atoms with Crippen molar-refractivity contribution in [2.45, 2.75) is 6.42 Å². The highest BCUT2D eigenvalue weighted by Gasteiger charge is 2.17. The number of aromatic nitrogens is 2. The minimum absolute atomic E-state index is 0.533. The molecule has 1 aliphatic rings. The number of likely N-dealkylation sites (N-methyl/N-ethyl adjacent to an activating group) is 1. The summed E-state index contributed by atoms with van der Waals surface area (Å²) >= 11 is 6.44. The third-order valence-corrected chi connectivity index (χ3v) is 6.64. The number of hydrogen-bond acceptors (Lipinski definition) is 9. The molecule has 0 aliphatic carbocycles. The fraction of sp³-hybridized carbons (Fsp3) is 0.333. The zero-order valence-corrected chi connectivity index (χ0v) is 21.7. The van der Waals surface area contributed by atoms with Gasteiger partial charge in [-0.2, -0.15) is 0 Å². The van der Waals surface area contributed by atoms with Crippen molar-refractivity contribution < 1.29 is 18.6 Å². The number of fused-ring (bicyclic) bond motifs is 1. The minimum Gasteiger partial charge on any atom is -0.497 e. The first-order valence-electron chi connectivity index (χ1n) is 12.2. The van der Waals surface area contributed by atoms with Crippen LogP contribution in [0.15, 0.2) is 59.7 Å². The molecule has 4 aromatic rings. The van der Waals surface area contributed by atoms with Crippen molar-refractivity contribution in [2.24, 2.45) is 0 Å². The fourth-order valence-corrected chi connectivity index (χ4v) is 4.39. The average molecular weight is 524 g/mol. The molecule has 0 bridgehead atoms. The molecule has 1 fully saturated rings. The first-order chi connectivity index (χ1) is 18.1. The van der Waals surface area contributed by atoms with E-state index in [4.69, 9.17) is 30.2 Å². The van der Waals surface area contributed by atoms with E-state index < -0.39 is 0 Å². The van der Waals surface area contributed by atoms with E-state index in [9.17, 15) is 0 Å². The van der Waals surface area contributed by atoms with E-state index in [0.717, 1.165) is 39.1 Å². The molecule has 10 heteroatoms. The van der Waals surface area contributed by atoms with Crippen molar-refractivity contribution in [2.75, 3.05) is 58.8 Å². The molecule has 2 aromatic carbocycles. The molecule has 2 aromatic heterocycles. The highest BCUT2D eigenvalue weighted by molar-refractivity contribution is 6.33. The van der Waals surface area contributed by atoms with Crippen molar-refractivity contribution in [1.29, 1.82) is 0 Å². The van der Waals surface area contributed by atoms with Gasteiger partial charge in [-0.15, -0.1) is 0 Å². The first kappa shape index (κ1) is 25.1. The van der Waals surface area contributed by atoms with Crippen molar-refractivity contribution in [3.8, 4) is 23.0 Å². The maximum Gasteiger partial charge on any atom is 0.165 e. The maximum absolute atomic E-state index is 6.44. The summed E-state index contributed by atoms with van der Waals surface area (Å²) in [5.41, 5.74) is 1.33. The van der Waals surface area contributed by atoms with E-state index in [1.807, 2.05) is 18.2 Å². The van der Waals surface area contributed by atoms with Gasteiger partial charge < -0.3 is 33.7 Å². The smallest absolute Gasteiger partial charge is 0.165 e. The molecule has 3 heterocycles. The molecule has 0 amide bonds. The second-order valence-corrected chi connectivity index (χ2v) is 9.32. The fourth-order valence-electron chi connectivity index (χ4n) is 4.23. The molecule has 0 radical (unpaired) electrons. The number of methoxy groups -OCH3 is 1. The Morgan fingerprint density at radius 3 is 2.68 bits per heavy atom. The SMILES string of the molecule is COc1ccc(Cl)c(Nc2ncnc3cc(OCCCN4CCN(C)CC4)cc(Oc4ccoc4)c23)c1. The lowest BCUT2D eigenvalue weighted by atomic mass is 10.2. The number of halogens is 1. The van der Waals surface area contributed by atoms with Gasteiger partial charge in [-0.25, -0.2) is 9.97 Å². The Morgan fingerprint density at radius 2 is 1.89 bits per heavy atom. The highest BCUT2D eigenvalue weighted by atomic mass is 35.5. The summed E-state index contributed by atoms with van der Waals surface area (Å²) in [6.45, 7) is 6.02. The van der Waals surface area contributed by atoms with Gasteiger partial charge >= 0.3 is 0 Å². The Balaban J connectivity index is 1.39. The van der Waals surface area contributed by atoms with E-state index in [2.05, 4.69) is 32.1 Å². The van der Waals surface area contributed by atoms with Crippen molar-refractivity contribution in [3.63, 3.8) is 0 Å². The molecule has 1 aliphatic heterocycles. The summed E-state index contributed by atoms with van der Waals surface area (Å²) in [5, 5.41) is 4.52. The molecular formula is C27H30ClN5O4. The normalized spacial score (nSPS) is 14.6. The maximum atomic E-state index is 6.44. The van der Waals surface area contributed by atoms with Crippen molar-refractivity contribution in [3.05, 3.63) is 60.3 Å². The molecule has 37 heavy (non-hydrogen) atoms. The van der Waals surface area contributed by atoms with Crippen LogP contribution in [0.4, 0.5) is 11.5 Å². The van der Waals surface area contributed by atoms with E-state index in [1.54, 1.807) is 31.6 Å². The number of benzene rings is 2.